The molecule has 0 N–H and O–H groups in total. The zero-order valence-corrected chi connectivity index (χ0v) is 66.9. The Kier molecular flexibility index (Phi) is 16.3. The fourth-order valence-corrected chi connectivity index (χ4v) is 21.8. The number of para-hydroxylation sites is 6. The molecule has 4 nitrogen and oxygen atoms in total. The van der Waals surface area contributed by atoms with Crippen molar-refractivity contribution in [3.63, 3.8) is 0 Å². The third-order valence-corrected chi connectivity index (χ3v) is 27.0. The molecule has 0 unspecified atom stereocenters. The summed E-state index contributed by atoms with van der Waals surface area (Å²) in [6.45, 7) is 0. The molecule has 0 amide bonds. The van der Waals surface area contributed by atoms with E-state index in [-0.39, 0.29) is 0 Å². The van der Waals surface area contributed by atoms with Crippen LogP contribution >= 0.6 is 11.3 Å². The Morgan fingerprint density at radius 2 is 0.488 bits per heavy atom. The van der Waals surface area contributed by atoms with E-state index in [1.165, 1.54) is 148 Å². The monoisotopic (exact) mass is 1560 g/mol. The van der Waals surface area contributed by atoms with Gasteiger partial charge in [-0.15, -0.1) is 11.3 Å². The number of hydrogen-bond donors (Lipinski definition) is 0. The van der Waals surface area contributed by atoms with Crippen molar-refractivity contribution < 1.29 is 0 Å². The molecule has 0 saturated carbocycles. The van der Waals surface area contributed by atoms with E-state index in [2.05, 4.69) is 481 Å². The van der Waals surface area contributed by atoms with Crippen molar-refractivity contribution in [1.29, 1.82) is 0 Å². The van der Waals surface area contributed by atoms with Gasteiger partial charge in [-0.1, -0.05) is 334 Å². The zero-order chi connectivity index (χ0) is 79.7. The van der Waals surface area contributed by atoms with E-state index in [1.54, 1.807) is 0 Å². The average molecular weight is 1560 g/mol. The van der Waals surface area contributed by atoms with Gasteiger partial charge < -0.3 is 19.6 Å². The van der Waals surface area contributed by atoms with Gasteiger partial charge >= 0.3 is 0 Å². The highest BCUT2D eigenvalue weighted by atomic mass is 32.1. The van der Waals surface area contributed by atoms with Gasteiger partial charge in [0.05, 0.1) is 45.0 Å². The summed E-state index contributed by atoms with van der Waals surface area (Å²) in [6, 6.07) is 172. The van der Waals surface area contributed by atoms with Gasteiger partial charge in [-0.3, -0.25) is 0 Å². The second-order valence-electron chi connectivity index (χ2n) is 32.1. The molecule has 20 aromatic rings. The first-order chi connectivity index (χ1) is 60.0. The van der Waals surface area contributed by atoms with Gasteiger partial charge in [0.15, 0.2) is 0 Å². The Bertz CT molecular complexity index is 7330. The lowest BCUT2D eigenvalue weighted by Gasteiger charge is -2.45. The molecule has 0 bridgehead atoms. The van der Waals surface area contributed by atoms with Gasteiger partial charge in [0.1, 0.15) is 0 Å². The first-order valence-corrected chi connectivity index (χ1v) is 42.6. The van der Waals surface area contributed by atoms with Crippen molar-refractivity contribution >= 4 is 99.8 Å². The molecule has 0 atom stereocenters. The number of fused-ring (bicyclic) bond motifs is 21. The van der Waals surface area contributed by atoms with Crippen molar-refractivity contribution in [3.8, 4) is 77.9 Å². The van der Waals surface area contributed by atoms with Crippen LogP contribution in [0.4, 0.5) is 68.2 Å². The number of thiophene rings is 1. The second kappa shape index (κ2) is 28.2. The molecule has 24 rings (SSSR count). The van der Waals surface area contributed by atoms with E-state index < -0.39 is 10.8 Å². The Balaban J connectivity index is 0.555. The third-order valence-electron chi connectivity index (χ3n) is 25.9. The topological polar surface area (TPSA) is 13.0 Å². The number of benzene rings is 19. The summed E-state index contributed by atoms with van der Waals surface area (Å²) in [5.41, 5.74) is 39.2. The predicted molar refractivity (Wildman–Crippen MR) is 507 cm³/mol. The molecule has 2 spiro atoms. The molecule has 0 radical (unpaired) electrons. The molecule has 19 aromatic carbocycles. The average Bonchev–Trinajstić information content (AvgIpc) is 1.54. The summed E-state index contributed by atoms with van der Waals surface area (Å²) >= 11 is 1.87. The maximum Gasteiger partial charge on any atom is 0.0755 e. The first-order valence-electron chi connectivity index (χ1n) is 41.8. The van der Waals surface area contributed by atoms with Gasteiger partial charge in [0.25, 0.3) is 0 Å². The van der Waals surface area contributed by atoms with Crippen molar-refractivity contribution in [3.05, 3.63) is 506 Å². The summed E-state index contributed by atoms with van der Waals surface area (Å²) < 4.78 is 2.53. The lowest BCUT2D eigenvalue weighted by atomic mass is 9.64. The maximum absolute atomic E-state index is 2.50. The molecule has 2 aliphatic heterocycles. The van der Waals surface area contributed by atoms with Gasteiger partial charge in [0.2, 0.25) is 0 Å². The quantitative estimate of drug-likeness (QED) is 0.114. The van der Waals surface area contributed by atoms with Gasteiger partial charge in [-0.2, -0.15) is 0 Å². The summed E-state index contributed by atoms with van der Waals surface area (Å²) in [7, 11) is 0. The lowest BCUT2D eigenvalue weighted by molar-refractivity contribution is 0.752. The molecule has 121 heavy (non-hydrogen) atoms. The largest absolute Gasteiger partial charge is 0.310 e. The lowest BCUT2D eigenvalue weighted by Crippen LogP contribution is -2.36. The van der Waals surface area contributed by atoms with Crippen molar-refractivity contribution in [2.75, 3.05) is 19.6 Å². The van der Waals surface area contributed by atoms with Gasteiger partial charge in [-0.05, 0) is 239 Å². The van der Waals surface area contributed by atoms with Crippen LogP contribution in [-0.2, 0) is 10.8 Å². The van der Waals surface area contributed by atoms with Crippen LogP contribution in [0, 0.1) is 0 Å². The molecule has 0 fully saturated rings. The van der Waals surface area contributed by atoms with E-state index in [9.17, 15) is 0 Å². The molecular weight excluding hydrogens is 1480 g/mol. The number of hydrogen-bond acceptors (Lipinski definition) is 5. The van der Waals surface area contributed by atoms with Crippen molar-refractivity contribution in [1.82, 2.24) is 0 Å². The standard InChI is InChI=1S/C116H76N4S/c1-5-27-77(28-6-1)79-51-53-80(54-52-79)82-57-67-89(68-58-82)117(87-31-9-3-10-32-87)109-49-25-43-103-113(109)94-35-13-15-37-97(94)116(103)101-41-19-23-47-107(101)120(108-48-24-20-42-102(108)116)92-71-61-84(62-72-92)86-63-73-93-96-75-85(64-74-111(96)121-112(93)76-86)83-59-69-91(70-60-83)118(90-65-55-81(56-66-90)78-29-7-2-8-30-78)110-50-26-44-104-114(110)95-36-14-16-38-98(95)115(104)99-39-17-21-45-105(99)119(88-33-11-4-12-34-88)106-46-22-18-40-100(106)115/h1-76H. The minimum absolute atomic E-state index is 0.609. The molecule has 5 heteroatoms. The first kappa shape index (κ1) is 69.9. The van der Waals surface area contributed by atoms with E-state index in [1.807, 2.05) is 11.3 Å². The fourth-order valence-electron chi connectivity index (χ4n) is 20.7. The van der Waals surface area contributed by atoms with Crippen LogP contribution in [0.25, 0.3) is 98.1 Å². The number of anilines is 12. The van der Waals surface area contributed by atoms with Gasteiger partial charge in [-0.25, -0.2) is 0 Å². The van der Waals surface area contributed by atoms with Crippen LogP contribution in [0.3, 0.4) is 0 Å². The Hall–Kier alpha value is -15.4. The molecule has 1 aromatic heterocycles. The second-order valence-corrected chi connectivity index (χ2v) is 33.2. The molecule has 4 aliphatic rings. The minimum atomic E-state index is -0.636. The summed E-state index contributed by atoms with van der Waals surface area (Å²) in [6.07, 6.45) is 0. The summed E-state index contributed by atoms with van der Waals surface area (Å²) in [4.78, 5) is 9.90. The molecule has 0 saturated heterocycles. The highest BCUT2D eigenvalue weighted by Gasteiger charge is 2.55. The van der Waals surface area contributed by atoms with Crippen LogP contribution in [-0.4, -0.2) is 0 Å². The van der Waals surface area contributed by atoms with Crippen LogP contribution in [0.15, 0.2) is 461 Å². The summed E-state index contributed by atoms with van der Waals surface area (Å²) in [5, 5.41) is 2.52. The van der Waals surface area contributed by atoms with E-state index in [4.69, 9.17) is 0 Å². The van der Waals surface area contributed by atoms with Crippen LogP contribution in [0.2, 0.25) is 0 Å². The maximum atomic E-state index is 2.50. The zero-order valence-electron chi connectivity index (χ0n) is 66.1. The molecule has 566 valence electrons. The highest BCUT2D eigenvalue weighted by Crippen LogP contribution is 2.68. The molecular formula is C116H76N4S. The van der Waals surface area contributed by atoms with Crippen LogP contribution in [0.1, 0.15) is 44.5 Å². The third kappa shape index (κ3) is 10.8. The Morgan fingerprint density at radius 1 is 0.190 bits per heavy atom. The van der Waals surface area contributed by atoms with Crippen molar-refractivity contribution in [2.24, 2.45) is 0 Å². The van der Waals surface area contributed by atoms with E-state index >= 15 is 0 Å². The fraction of sp³-hybridized carbons (Fsp3) is 0.0172. The van der Waals surface area contributed by atoms with Crippen LogP contribution < -0.4 is 19.6 Å². The molecule has 3 heterocycles. The Morgan fingerprint density at radius 3 is 0.917 bits per heavy atom. The minimum Gasteiger partial charge on any atom is -0.310 e. The smallest absolute Gasteiger partial charge is 0.0755 e. The normalized spacial score (nSPS) is 13.2. The predicted octanol–water partition coefficient (Wildman–Crippen LogP) is 31.6. The van der Waals surface area contributed by atoms with E-state index in [0.29, 0.717) is 0 Å². The Labute approximate surface area is 708 Å². The van der Waals surface area contributed by atoms with E-state index in [0.717, 1.165) is 62.4 Å². The number of rotatable bonds is 13. The highest BCUT2D eigenvalue weighted by molar-refractivity contribution is 7.25. The molecule has 2 aliphatic carbocycles. The van der Waals surface area contributed by atoms with Gasteiger partial charge in [0, 0.05) is 65.4 Å². The van der Waals surface area contributed by atoms with Crippen LogP contribution in [0.5, 0.6) is 0 Å². The van der Waals surface area contributed by atoms with Crippen molar-refractivity contribution in [2.45, 2.75) is 10.8 Å². The SMILES string of the molecule is c1ccc(-c2ccc(-c3ccc(N(c4ccccc4)c4cccc5c4-c4ccccc4C54c5ccccc5N(c5ccc(-c6ccc7c(c6)sc6ccc(-c8ccc(N(c9ccc(-c%10ccccc%10)cc9)c9cccc%10c9-c9ccccc9C%109c%10ccccc%10N(c%10ccccc%10)c%10ccccc%109)cc8)cc67)cc5)c5ccccc54)cc3)cc2)cc1. The number of nitrogens with zero attached hydrogens (tertiary/aromatic N) is 4. The summed E-state index contributed by atoms with van der Waals surface area (Å²) in [5.74, 6) is 0.